The number of rotatable bonds is 7. The van der Waals surface area contributed by atoms with Gasteiger partial charge in [-0.2, -0.15) is 0 Å². The van der Waals surface area contributed by atoms with Crippen LogP contribution in [0.1, 0.15) is 39.0 Å². The van der Waals surface area contributed by atoms with Gasteiger partial charge in [-0.15, -0.1) is 12.4 Å². The summed E-state index contributed by atoms with van der Waals surface area (Å²) in [5.74, 6) is 2.79. The molecule has 2 atom stereocenters. The van der Waals surface area contributed by atoms with Crippen molar-refractivity contribution in [3.63, 3.8) is 0 Å². The lowest BCUT2D eigenvalue weighted by Gasteiger charge is -2.28. The molecule has 134 valence electrons. The average Bonchev–Trinajstić information content (AvgIpc) is 3.39. The van der Waals surface area contributed by atoms with Gasteiger partial charge in [0.2, 0.25) is 5.91 Å². The summed E-state index contributed by atoms with van der Waals surface area (Å²) < 4.78 is 5.71. The van der Waals surface area contributed by atoms with E-state index >= 15 is 0 Å². The van der Waals surface area contributed by atoms with Gasteiger partial charge in [-0.3, -0.25) is 4.79 Å². The molecule has 0 bridgehead atoms. The second-order valence-corrected chi connectivity index (χ2v) is 7.11. The number of benzene rings is 1. The molecule has 0 aromatic heterocycles. The molecule has 2 aliphatic rings. The maximum atomic E-state index is 12.2. The summed E-state index contributed by atoms with van der Waals surface area (Å²) in [5, 5.41) is 6.42. The Labute approximate surface area is 151 Å². The Morgan fingerprint density at radius 3 is 2.67 bits per heavy atom. The minimum Gasteiger partial charge on any atom is -0.493 e. The SMILES string of the molecule is CC(CC(=O)Nc1ccc(OCC2CC2)cc1)C1CCCNC1.Cl. The predicted octanol–water partition coefficient (Wildman–Crippen LogP) is 3.86. The molecular weight excluding hydrogens is 324 g/mol. The first-order valence-electron chi connectivity index (χ1n) is 8.94. The molecule has 1 aromatic rings. The fourth-order valence-electron chi connectivity index (χ4n) is 3.17. The van der Waals surface area contributed by atoms with Crippen LogP contribution in [-0.2, 0) is 4.79 Å². The van der Waals surface area contributed by atoms with Crippen molar-refractivity contribution in [1.82, 2.24) is 5.32 Å². The molecule has 3 rings (SSSR count). The summed E-state index contributed by atoms with van der Waals surface area (Å²) in [6.45, 7) is 5.16. The molecule has 0 radical (unpaired) electrons. The van der Waals surface area contributed by atoms with Crippen molar-refractivity contribution in [3.05, 3.63) is 24.3 Å². The highest BCUT2D eigenvalue weighted by Gasteiger charge is 2.22. The average molecular weight is 353 g/mol. The van der Waals surface area contributed by atoms with Gasteiger partial charge in [0.1, 0.15) is 5.75 Å². The zero-order valence-electron chi connectivity index (χ0n) is 14.4. The number of amides is 1. The Morgan fingerprint density at radius 1 is 1.29 bits per heavy atom. The van der Waals surface area contributed by atoms with Gasteiger partial charge < -0.3 is 15.4 Å². The van der Waals surface area contributed by atoms with Gasteiger partial charge in [0.15, 0.2) is 0 Å². The zero-order chi connectivity index (χ0) is 16.1. The van der Waals surface area contributed by atoms with Crippen molar-refractivity contribution in [2.45, 2.75) is 39.0 Å². The minimum atomic E-state index is 0. The van der Waals surface area contributed by atoms with Crippen LogP contribution in [0, 0.1) is 17.8 Å². The fraction of sp³-hybridized carbons (Fsp3) is 0.632. The van der Waals surface area contributed by atoms with Crippen molar-refractivity contribution >= 4 is 24.0 Å². The van der Waals surface area contributed by atoms with E-state index in [2.05, 4.69) is 17.6 Å². The molecule has 1 aromatic carbocycles. The molecule has 2 fully saturated rings. The third kappa shape index (κ3) is 5.99. The molecule has 4 nitrogen and oxygen atoms in total. The summed E-state index contributed by atoms with van der Waals surface area (Å²) in [4.78, 5) is 12.2. The van der Waals surface area contributed by atoms with Gasteiger partial charge in [0.05, 0.1) is 6.61 Å². The van der Waals surface area contributed by atoms with Crippen molar-refractivity contribution in [1.29, 1.82) is 0 Å². The van der Waals surface area contributed by atoms with Crippen LogP contribution >= 0.6 is 12.4 Å². The van der Waals surface area contributed by atoms with E-state index in [-0.39, 0.29) is 18.3 Å². The number of carbonyl (C=O) groups is 1. The third-order valence-corrected chi connectivity index (χ3v) is 4.97. The number of hydrogen-bond donors (Lipinski definition) is 2. The van der Waals surface area contributed by atoms with Crippen molar-refractivity contribution in [2.75, 3.05) is 25.0 Å². The van der Waals surface area contributed by atoms with E-state index in [1.807, 2.05) is 24.3 Å². The molecule has 1 amide bonds. The number of hydrogen-bond acceptors (Lipinski definition) is 3. The van der Waals surface area contributed by atoms with Gasteiger partial charge in [0.25, 0.3) is 0 Å². The number of halogens is 1. The second-order valence-electron chi connectivity index (χ2n) is 7.11. The van der Waals surface area contributed by atoms with Gasteiger partial charge >= 0.3 is 0 Å². The molecule has 5 heteroatoms. The highest BCUT2D eigenvalue weighted by atomic mass is 35.5. The molecule has 2 N–H and O–H groups in total. The maximum Gasteiger partial charge on any atom is 0.224 e. The summed E-state index contributed by atoms with van der Waals surface area (Å²) in [7, 11) is 0. The smallest absolute Gasteiger partial charge is 0.224 e. The molecule has 1 heterocycles. The molecule has 0 spiro atoms. The zero-order valence-corrected chi connectivity index (χ0v) is 15.2. The third-order valence-electron chi connectivity index (χ3n) is 4.97. The van der Waals surface area contributed by atoms with Gasteiger partial charge in [-0.25, -0.2) is 0 Å². The van der Waals surface area contributed by atoms with Crippen molar-refractivity contribution in [2.24, 2.45) is 17.8 Å². The van der Waals surface area contributed by atoms with Crippen LogP contribution in [-0.4, -0.2) is 25.6 Å². The molecule has 1 saturated carbocycles. The normalized spacial score (nSPS) is 21.5. The Bertz CT molecular complexity index is 511. The number of nitrogens with one attached hydrogen (secondary N) is 2. The topological polar surface area (TPSA) is 50.4 Å². The van der Waals surface area contributed by atoms with E-state index in [1.54, 1.807) is 0 Å². The summed E-state index contributed by atoms with van der Waals surface area (Å²) in [6.07, 6.45) is 5.63. The lowest BCUT2D eigenvalue weighted by molar-refractivity contribution is -0.117. The van der Waals surface area contributed by atoms with E-state index in [1.165, 1.54) is 25.7 Å². The number of carbonyl (C=O) groups excluding carboxylic acids is 1. The first-order valence-corrected chi connectivity index (χ1v) is 8.94. The highest BCUT2D eigenvalue weighted by molar-refractivity contribution is 5.90. The Hall–Kier alpha value is -1.26. The van der Waals surface area contributed by atoms with Gasteiger partial charge in [-0.1, -0.05) is 6.92 Å². The van der Waals surface area contributed by atoms with Crippen molar-refractivity contribution in [3.8, 4) is 5.75 Å². The molecular formula is C19H29ClN2O2. The van der Waals surface area contributed by atoms with Crippen LogP contribution in [0.5, 0.6) is 5.75 Å². The summed E-state index contributed by atoms with van der Waals surface area (Å²) >= 11 is 0. The summed E-state index contributed by atoms with van der Waals surface area (Å²) in [6, 6.07) is 7.72. The van der Waals surface area contributed by atoms with Crippen molar-refractivity contribution < 1.29 is 9.53 Å². The van der Waals surface area contributed by atoms with Crippen LogP contribution in [0.4, 0.5) is 5.69 Å². The predicted molar refractivity (Wildman–Crippen MR) is 99.9 cm³/mol. The van der Waals surface area contributed by atoms with E-state index in [4.69, 9.17) is 4.74 Å². The maximum absolute atomic E-state index is 12.2. The molecule has 1 saturated heterocycles. The Balaban J connectivity index is 0.00000208. The Morgan fingerprint density at radius 2 is 2.04 bits per heavy atom. The standard InChI is InChI=1S/C19H28N2O2.ClH/c1-14(16-3-2-10-20-12-16)11-19(22)21-17-6-8-18(9-7-17)23-13-15-4-5-15;/h6-9,14-16,20H,2-5,10-13H2,1H3,(H,21,22);1H. The lowest BCUT2D eigenvalue weighted by atomic mass is 9.85. The molecule has 24 heavy (non-hydrogen) atoms. The second kappa shape index (κ2) is 9.28. The van der Waals surface area contributed by atoms with Gasteiger partial charge in [0, 0.05) is 12.1 Å². The summed E-state index contributed by atoms with van der Waals surface area (Å²) in [5.41, 5.74) is 0.850. The van der Waals surface area contributed by atoms with Crippen LogP contribution in [0.2, 0.25) is 0 Å². The van der Waals surface area contributed by atoms with E-state index in [0.29, 0.717) is 18.3 Å². The monoisotopic (exact) mass is 352 g/mol. The molecule has 2 unspecified atom stereocenters. The number of anilines is 1. The Kier molecular flexibility index (Phi) is 7.38. The van der Waals surface area contributed by atoms with E-state index in [9.17, 15) is 4.79 Å². The first-order chi connectivity index (χ1) is 11.2. The molecule has 1 aliphatic carbocycles. The van der Waals surface area contributed by atoms with Gasteiger partial charge in [-0.05, 0) is 80.8 Å². The largest absolute Gasteiger partial charge is 0.493 e. The number of piperidine rings is 1. The first kappa shape index (κ1) is 19.1. The van der Waals surface area contributed by atoms with E-state index < -0.39 is 0 Å². The molecule has 1 aliphatic heterocycles. The highest BCUT2D eigenvalue weighted by Crippen LogP contribution is 2.29. The van der Waals surface area contributed by atoms with Crippen LogP contribution in [0.25, 0.3) is 0 Å². The van der Waals surface area contributed by atoms with E-state index in [0.717, 1.165) is 37.1 Å². The quantitative estimate of drug-likeness (QED) is 0.783. The fourth-order valence-corrected chi connectivity index (χ4v) is 3.17. The minimum absolute atomic E-state index is 0. The lowest BCUT2D eigenvalue weighted by Crippen LogP contribution is -2.34. The van der Waals surface area contributed by atoms with Crippen LogP contribution < -0.4 is 15.4 Å². The van der Waals surface area contributed by atoms with Crippen LogP contribution in [0.15, 0.2) is 24.3 Å². The number of ether oxygens (including phenoxy) is 1. The van der Waals surface area contributed by atoms with Crippen LogP contribution in [0.3, 0.4) is 0 Å².